The Bertz CT molecular complexity index is 697. The Labute approximate surface area is 198 Å². The maximum Gasteiger partial charge on any atom is 0.0682 e. The molecule has 2 nitrogen and oxygen atoms in total. The van der Waals surface area contributed by atoms with Crippen molar-refractivity contribution in [2.24, 2.45) is 46.3 Å². The fourth-order valence-corrected chi connectivity index (χ4v) is 9.39. The Kier molecular flexibility index (Phi) is 6.99. The number of rotatable bonds is 7. The minimum Gasteiger partial charge on any atom is -0.393 e. The van der Waals surface area contributed by atoms with Gasteiger partial charge in [-0.15, -0.1) is 0 Å². The second-order valence-electron chi connectivity index (χ2n) is 13.2. The predicted octanol–water partition coefficient (Wildman–Crippen LogP) is 7.53. The van der Waals surface area contributed by atoms with Crippen LogP contribution >= 0.6 is 0 Å². The van der Waals surface area contributed by atoms with Gasteiger partial charge in [0.1, 0.15) is 0 Å². The third kappa shape index (κ3) is 3.94. The zero-order valence-electron chi connectivity index (χ0n) is 22.0. The number of fused-ring (bicyclic) bond motifs is 5. The van der Waals surface area contributed by atoms with E-state index in [1.54, 1.807) is 5.57 Å². The van der Waals surface area contributed by atoms with E-state index in [4.69, 9.17) is 0 Å². The van der Waals surface area contributed by atoms with E-state index < -0.39 is 5.60 Å². The topological polar surface area (TPSA) is 40.5 Å². The standard InChI is InChI=1S/C30H52O2/c1-7-29(32)18-17-28(6)22(19-29)10-11-23-25(28)15-16-30(8-2)24(12-13-26(23)30)21(5)9-14-27(31)20(3)4/h10,20-21,23-27,31-32H,7-9,11-19H2,1-6H3/t21-,23-,24-,25+,26+,27-,28+,29+,30-/m1/s1. The first-order chi connectivity index (χ1) is 15.1. The molecule has 32 heavy (non-hydrogen) atoms. The van der Waals surface area contributed by atoms with Gasteiger partial charge < -0.3 is 10.2 Å². The second kappa shape index (κ2) is 9.03. The number of aliphatic hydroxyl groups is 2. The van der Waals surface area contributed by atoms with Gasteiger partial charge >= 0.3 is 0 Å². The maximum absolute atomic E-state index is 11.0. The molecule has 0 spiro atoms. The van der Waals surface area contributed by atoms with Crippen LogP contribution in [-0.2, 0) is 0 Å². The smallest absolute Gasteiger partial charge is 0.0682 e. The fraction of sp³-hybridized carbons (Fsp3) is 0.933. The zero-order valence-corrected chi connectivity index (χ0v) is 22.0. The van der Waals surface area contributed by atoms with Crippen LogP contribution in [0.1, 0.15) is 119 Å². The Morgan fingerprint density at radius 3 is 2.38 bits per heavy atom. The number of hydrogen-bond donors (Lipinski definition) is 2. The summed E-state index contributed by atoms with van der Waals surface area (Å²) in [4.78, 5) is 0. The van der Waals surface area contributed by atoms with Crippen LogP contribution < -0.4 is 0 Å². The van der Waals surface area contributed by atoms with Crippen LogP contribution in [0, 0.1) is 46.3 Å². The zero-order chi connectivity index (χ0) is 23.3. The lowest BCUT2D eigenvalue weighted by Gasteiger charge is -2.60. The Hall–Kier alpha value is -0.340. The van der Waals surface area contributed by atoms with Crippen LogP contribution in [-0.4, -0.2) is 21.9 Å². The summed E-state index contributed by atoms with van der Waals surface area (Å²) in [7, 11) is 0. The van der Waals surface area contributed by atoms with E-state index >= 15 is 0 Å². The van der Waals surface area contributed by atoms with Crippen molar-refractivity contribution in [2.45, 2.75) is 130 Å². The van der Waals surface area contributed by atoms with Crippen molar-refractivity contribution < 1.29 is 10.2 Å². The largest absolute Gasteiger partial charge is 0.393 e. The summed E-state index contributed by atoms with van der Waals surface area (Å²) in [6.07, 6.45) is 16.8. The Morgan fingerprint density at radius 2 is 1.72 bits per heavy atom. The molecule has 0 unspecified atom stereocenters. The van der Waals surface area contributed by atoms with Gasteiger partial charge in [0.25, 0.3) is 0 Å². The van der Waals surface area contributed by atoms with E-state index in [0.29, 0.717) is 16.7 Å². The van der Waals surface area contributed by atoms with Gasteiger partial charge in [0.15, 0.2) is 0 Å². The lowest BCUT2D eigenvalue weighted by Crippen LogP contribution is -2.53. The highest BCUT2D eigenvalue weighted by molar-refractivity contribution is 5.27. The molecule has 4 aliphatic carbocycles. The molecule has 0 heterocycles. The average Bonchev–Trinajstić information content (AvgIpc) is 3.18. The maximum atomic E-state index is 11.0. The quantitative estimate of drug-likeness (QED) is 0.398. The molecule has 0 radical (unpaired) electrons. The summed E-state index contributed by atoms with van der Waals surface area (Å²) >= 11 is 0. The SMILES string of the molecule is CC[C@]1(O)CC[C@@]2(C)C(=CC[C@H]3[C@@H]4CC[C@H]([C@H](C)CC[C@@H](O)C(C)C)[C@@]4(CC)CC[C@@H]32)C1. The number of hydrogen-bond acceptors (Lipinski definition) is 2. The summed E-state index contributed by atoms with van der Waals surface area (Å²) in [6.45, 7) is 14.0. The summed E-state index contributed by atoms with van der Waals surface area (Å²) < 4.78 is 0. The molecule has 0 saturated heterocycles. The van der Waals surface area contributed by atoms with E-state index in [2.05, 4.69) is 47.6 Å². The van der Waals surface area contributed by atoms with Crippen molar-refractivity contribution in [1.82, 2.24) is 0 Å². The molecule has 4 aliphatic rings. The van der Waals surface area contributed by atoms with E-state index in [0.717, 1.165) is 55.3 Å². The van der Waals surface area contributed by atoms with Crippen molar-refractivity contribution in [2.75, 3.05) is 0 Å². The van der Waals surface area contributed by atoms with Crippen molar-refractivity contribution in [3.63, 3.8) is 0 Å². The van der Waals surface area contributed by atoms with Gasteiger partial charge in [-0.25, -0.2) is 0 Å². The molecular formula is C30H52O2. The molecule has 9 atom stereocenters. The highest BCUT2D eigenvalue weighted by atomic mass is 16.3. The van der Waals surface area contributed by atoms with Crippen LogP contribution in [0.5, 0.6) is 0 Å². The van der Waals surface area contributed by atoms with Crippen molar-refractivity contribution in [1.29, 1.82) is 0 Å². The molecule has 0 aliphatic heterocycles. The molecular weight excluding hydrogens is 392 g/mol. The minimum absolute atomic E-state index is 0.141. The fourth-order valence-electron chi connectivity index (χ4n) is 9.39. The lowest BCUT2D eigenvalue weighted by molar-refractivity contribution is -0.0833. The van der Waals surface area contributed by atoms with E-state index in [1.807, 2.05) is 0 Å². The molecule has 2 N–H and O–H groups in total. The molecule has 2 heteroatoms. The van der Waals surface area contributed by atoms with Gasteiger partial charge in [-0.05, 0) is 123 Å². The first kappa shape index (κ1) is 24.8. The van der Waals surface area contributed by atoms with Gasteiger partial charge in [-0.1, -0.05) is 53.2 Å². The van der Waals surface area contributed by atoms with Gasteiger partial charge in [-0.3, -0.25) is 0 Å². The molecule has 4 rings (SSSR count). The third-order valence-corrected chi connectivity index (χ3v) is 11.7. The van der Waals surface area contributed by atoms with E-state index in [1.165, 1.54) is 51.4 Å². The van der Waals surface area contributed by atoms with Gasteiger partial charge in [0, 0.05) is 0 Å². The molecule has 0 aromatic carbocycles. The molecule has 0 amide bonds. The van der Waals surface area contributed by atoms with Crippen LogP contribution in [0.4, 0.5) is 0 Å². The Morgan fingerprint density at radius 1 is 0.969 bits per heavy atom. The third-order valence-electron chi connectivity index (χ3n) is 11.7. The van der Waals surface area contributed by atoms with Gasteiger partial charge in [0.05, 0.1) is 11.7 Å². The average molecular weight is 445 g/mol. The van der Waals surface area contributed by atoms with E-state index in [9.17, 15) is 10.2 Å². The minimum atomic E-state index is -0.450. The predicted molar refractivity (Wildman–Crippen MR) is 134 cm³/mol. The highest BCUT2D eigenvalue weighted by Gasteiger charge is 2.60. The molecule has 0 bridgehead atoms. The molecule has 184 valence electrons. The van der Waals surface area contributed by atoms with Crippen LogP contribution in [0.15, 0.2) is 11.6 Å². The Balaban J connectivity index is 1.53. The number of allylic oxidation sites excluding steroid dienone is 1. The number of aliphatic hydroxyl groups excluding tert-OH is 1. The first-order valence-electron chi connectivity index (χ1n) is 14.2. The second-order valence-corrected chi connectivity index (χ2v) is 13.2. The molecule has 3 saturated carbocycles. The summed E-state index contributed by atoms with van der Waals surface area (Å²) in [5.41, 5.74) is 2.01. The van der Waals surface area contributed by atoms with Crippen molar-refractivity contribution >= 4 is 0 Å². The monoisotopic (exact) mass is 444 g/mol. The van der Waals surface area contributed by atoms with Crippen LogP contribution in [0.25, 0.3) is 0 Å². The van der Waals surface area contributed by atoms with Crippen molar-refractivity contribution in [3.8, 4) is 0 Å². The molecule has 3 fully saturated rings. The first-order valence-corrected chi connectivity index (χ1v) is 14.2. The van der Waals surface area contributed by atoms with E-state index in [-0.39, 0.29) is 6.10 Å². The normalized spacial score (nSPS) is 45.6. The molecule has 0 aromatic heterocycles. The highest BCUT2D eigenvalue weighted by Crippen LogP contribution is 2.69. The summed E-state index contributed by atoms with van der Waals surface area (Å²) in [5.74, 6) is 4.50. The van der Waals surface area contributed by atoms with Gasteiger partial charge in [-0.2, -0.15) is 0 Å². The molecule has 0 aromatic rings. The van der Waals surface area contributed by atoms with Crippen LogP contribution in [0.2, 0.25) is 0 Å². The van der Waals surface area contributed by atoms with Crippen LogP contribution in [0.3, 0.4) is 0 Å². The summed E-state index contributed by atoms with van der Waals surface area (Å²) in [5, 5.41) is 21.4. The summed E-state index contributed by atoms with van der Waals surface area (Å²) in [6, 6.07) is 0. The van der Waals surface area contributed by atoms with Crippen molar-refractivity contribution in [3.05, 3.63) is 11.6 Å². The van der Waals surface area contributed by atoms with Gasteiger partial charge in [0.2, 0.25) is 0 Å². The lowest BCUT2D eigenvalue weighted by atomic mass is 9.45.